The molecule has 340 valence electrons. The fourth-order valence-electron chi connectivity index (χ4n) is 9.57. The number of nitrogens with one attached hydrogen (secondary N) is 3. The highest BCUT2D eigenvalue weighted by molar-refractivity contribution is 6.02. The summed E-state index contributed by atoms with van der Waals surface area (Å²) in [6, 6.07) is 11.5. The van der Waals surface area contributed by atoms with Crippen LogP contribution < -0.4 is 16.1 Å². The highest BCUT2D eigenvalue weighted by Gasteiger charge is 2.46. The Morgan fingerprint density at radius 3 is 2.55 bits per heavy atom. The summed E-state index contributed by atoms with van der Waals surface area (Å²) in [5.74, 6) is -2.23. The van der Waals surface area contributed by atoms with Gasteiger partial charge in [-0.1, -0.05) is 39.8 Å². The minimum absolute atomic E-state index is 0.0159. The molecule has 2 aromatic heterocycles. The summed E-state index contributed by atoms with van der Waals surface area (Å²) < 4.78 is 14.2. The van der Waals surface area contributed by atoms with Crippen LogP contribution in [0.3, 0.4) is 0 Å². The Kier molecular flexibility index (Phi) is 12.6. The number of cyclic esters (lactones) is 1. The molecular formula is C48H60N8O8. The van der Waals surface area contributed by atoms with Crippen LogP contribution in [0.1, 0.15) is 77.3 Å². The number of aryl methyl sites for hydroxylation is 1. The molecule has 6 heterocycles. The Morgan fingerprint density at radius 2 is 1.83 bits per heavy atom. The second-order valence-corrected chi connectivity index (χ2v) is 18.6. The van der Waals surface area contributed by atoms with E-state index in [-0.39, 0.29) is 56.3 Å². The van der Waals surface area contributed by atoms with E-state index in [9.17, 15) is 29.1 Å². The Balaban J connectivity index is 1.22. The molecule has 6 bridgehead atoms. The van der Waals surface area contributed by atoms with Crippen LogP contribution in [0, 0.1) is 11.3 Å². The predicted octanol–water partition coefficient (Wildman–Crippen LogP) is 4.71. The largest absolute Gasteiger partial charge is 0.508 e. The maximum absolute atomic E-state index is 14.7. The summed E-state index contributed by atoms with van der Waals surface area (Å²) in [4.78, 5) is 76.9. The van der Waals surface area contributed by atoms with Crippen molar-refractivity contribution in [3.8, 4) is 28.1 Å². The van der Waals surface area contributed by atoms with Crippen molar-refractivity contribution in [2.24, 2.45) is 11.3 Å². The molecule has 0 spiro atoms. The van der Waals surface area contributed by atoms with Crippen LogP contribution >= 0.6 is 0 Å². The number of nitrogens with zero attached hydrogens (tertiary/aromatic N) is 5. The summed E-state index contributed by atoms with van der Waals surface area (Å²) in [6.07, 6.45) is 2.95. The maximum atomic E-state index is 14.7. The molecule has 0 radical (unpaired) electrons. The highest BCUT2D eigenvalue weighted by atomic mass is 16.5. The normalized spacial score (nSPS) is 22.3. The molecule has 3 saturated heterocycles. The summed E-state index contributed by atoms with van der Waals surface area (Å²) >= 11 is 0. The Hall–Kier alpha value is -5.84. The minimum Gasteiger partial charge on any atom is -0.508 e. The number of aromatic hydroxyl groups is 1. The summed E-state index contributed by atoms with van der Waals surface area (Å²) in [5.41, 5.74) is 9.50. The molecule has 5 atom stereocenters. The highest BCUT2D eigenvalue weighted by Crippen LogP contribution is 2.42. The third-order valence-corrected chi connectivity index (χ3v) is 12.9. The molecule has 0 unspecified atom stereocenters. The van der Waals surface area contributed by atoms with E-state index >= 15 is 0 Å². The quantitative estimate of drug-likeness (QED) is 0.134. The molecule has 0 saturated carbocycles. The number of esters is 1. The number of imide groups is 1. The van der Waals surface area contributed by atoms with Crippen LogP contribution in [0.4, 0.5) is 4.79 Å². The Morgan fingerprint density at radius 1 is 1.05 bits per heavy atom. The number of hydrogen-bond donors (Lipinski definition) is 4. The number of ether oxygens (including phenoxy) is 2. The number of urea groups is 1. The van der Waals surface area contributed by atoms with Crippen LogP contribution in [0.15, 0.2) is 54.7 Å². The van der Waals surface area contributed by atoms with E-state index < -0.39 is 53.4 Å². The molecule has 3 fully saturated rings. The first-order chi connectivity index (χ1) is 30.6. The van der Waals surface area contributed by atoms with E-state index in [0.717, 1.165) is 39.0 Å². The number of aromatic nitrogens is 2. The van der Waals surface area contributed by atoms with Gasteiger partial charge in [-0.2, -0.15) is 0 Å². The van der Waals surface area contributed by atoms with Gasteiger partial charge in [-0.15, -0.1) is 0 Å². The number of carbonyl (C=O) groups is 5. The van der Waals surface area contributed by atoms with E-state index in [4.69, 9.17) is 14.5 Å². The fourth-order valence-corrected chi connectivity index (χ4v) is 9.57. The maximum Gasteiger partial charge on any atom is 0.327 e. The van der Waals surface area contributed by atoms with Crippen molar-refractivity contribution in [3.63, 3.8) is 0 Å². The van der Waals surface area contributed by atoms with Gasteiger partial charge >= 0.3 is 12.0 Å². The van der Waals surface area contributed by atoms with Crippen molar-refractivity contribution in [2.45, 2.75) is 104 Å². The zero-order valence-electron chi connectivity index (χ0n) is 37.8. The van der Waals surface area contributed by atoms with Crippen LogP contribution in [0.25, 0.3) is 33.3 Å². The lowest BCUT2D eigenvalue weighted by atomic mass is 9.84. The molecule has 4 N–H and O–H groups in total. The van der Waals surface area contributed by atoms with Crippen molar-refractivity contribution in [1.82, 2.24) is 40.4 Å². The van der Waals surface area contributed by atoms with Crippen LogP contribution in [-0.2, 0) is 48.0 Å². The summed E-state index contributed by atoms with van der Waals surface area (Å²) in [6.45, 7) is 13.7. The lowest BCUT2D eigenvalue weighted by molar-refractivity contribution is -0.155. The minimum atomic E-state index is -1.17. The third kappa shape index (κ3) is 8.82. The number of methoxy groups -OCH3 is 1. The molecule has 4 aromatic rings. The van der Waals surface area contributed by atoms with Gasteiger partial charge in [0.25, 0.3) is 5.91 Å². The van der Waals surface area contributed by atoms with Crippen molar-refractivity contribution in [2.75, 3.05) is 39.9 Å². The Bertz CT molecular complexity index is 2480. The van der Waals surface area contributed by atoms with Crippen molar-refractivity contribution in [1.29, 1.82) is 0 Å². The van der Waals surface area contributed by atoms with E-state index in [2.05, 4.69) is 59.6 Å². The number of fused-ring (bicyclic) bond motifs is 6. The number of hydrogen-bond acceptors (Lipinski definition) is 11. The summed E-state index contributed by atoms with van der Waals surface area (Å²) in [5, 5.41) is 19.6. The lowest BCUT2D eigenvalue weighted by Gasteiger charge is -2.36. The van der Waals surface area contributed by atoms with Crippen LogP contribution in [0.2, 0.25) is 0 Å². The van der Waals surface area contributed by atoms with Gasteiger partial charge < -0.3 is 34.7 Å². The first-order valence-electron chi connectivity index (χ1n) is 22.5. The molecule has 4 aliphatic heterocycles. The molecule has 16 heteroatoms. The number of rotatable bonds is 9. The topological polar surface area (TPSA) is 198 Å². The zero-order chi connectivity index (χ0) is 45.6. The van der Waals surface area contributed by atoms with E-state index in [0.29, 0.717) is 43.5 Å². The molecule has 16 nitrogen and oxygen atoms in total. The average molecular weight is 877 g/mol. The zero-order valence-corrected chi connectivity index (χ0v) is 37.8. The van der Waals surface area contributed by atoms with E-state index in [1.165, 1.54) is 14.8 Å². The predicted molar refractivity (Wildman–Crippen MR) is 240 cm³/mol. The molecule has 64 heavy (non-hydrogen) atoms. The number of phenols is 1. The number of pyridine rings is 1. The van der Waals surface area contributed by atoms with Gasteiger partial charge in [0.1, 0.15) is 29.9 Å². The number of phenolic OH excluding ortho intramolecular Hbond substituents is 1. The summed E-state index contributed by atoms with van der Waals surface area (Å²) in [7, 11) is 1.67. The third-order valence-electron chi connectivity index (χ3n) is 12.9. The SMILES string of the molecule is CCn1c(-c2cccnc2[C@H](C)OC)c2c3cc(ccc31)-c1cc(O)cc(c1)C[C@H](NC(=O)[C@H](C(C)C)N1CCN(C(=O)[C@H]3CN3)C1=O)C(=O)N1CCC[C@H](N1)C(=O)OCC(C)(C)C2. The first-order valence-corrected chi connectivity index (χ1v) is 22.5. The van der Waals surface area contributed by atoms with Gasteiger partial charge in [-0.25, -0.2) is 10.2 Å². The monoisotopic (exact) mass is 876 g/mol. The number of amides is 5. The standard InChI is InChI=1S/C48H60N8O8/c1-8-53-39-14-13-30-23-34(39)35(42(53)33-11-9-15-49-40(33)28(4)63-7)24-48(5,6)26-64-46(61)36-12-10-16-56(52-36)45(60)37(21-29-19-31(30)22-32(57)20-29)51-43(58)41(27(2)3)54-17-18-55(47(54)62)44(59)38-25-50-38/h9,11,13-15,19-20,22-23,27-28,36-38,41,50,52,57H,8,10,12,16-18,21,24-26H2,1-7H3,(H,51,58)/t28-,36-,37-,38+,41-/m0/s1. The molecule has 8 rings (SSSR count). The van der Waals surface area contributed by atoms with Crippen molar-refractivity contribution < 1.29 is 38.6 Å². The molecule has 2 aromatic carbocycles. The second kappa shape index (κ2) is 18.0. The van der Waals surface area contributed by atoms with Crippen LogP contribution in [-0.4, -0.2) is 123 Å². The molecular weight excluding hydrogens is 817 g/mol. The first kappa shape index (κ1) is 44.8. The van der Waals surface area contributed by atoms with Gasteiger partial charge in [0.15, 0.2) is 0 Å². The smallest absolute Gasteiger partial charge is 0.327 e. The van der Waals surface area contributed by atoms with Gasteiger partial charge in [-0.3, -0.25) is 34.1 Å². The molecule has 5 amide bonds. The number of hydrazine groups is 1. The molecule has 0 aliphatic carbocycles. The Labute approximate surface area is 373 Å². The van der Waals surface area contributed by atoms with Crippen molar-refractivity contribution >= 4 is 40.6 Å². The van der Waals surface area contributed by atoms with Gasteiger partial charge in [0.2, 0.25) is 11.8 Å². The number of carbonyl (C=O) groups excluding carboxylic acids is 5. The fraction of sp³-hybridized carbons (Fsp3) is 0.500. The van der Waals surface area contributed by atoms with Gasteiger partial charge in [0.05, 0.1) is 24.1 Å². The van der Waals surface area contributed by atoms with Crippen LogP contribution in [0.5, 0.6) is 5.75 Å². The van der Waals surface area contributed by atoms with Gasteiger partial charge in [-0.05, 0) is 97.7 Å². The molecule has 4 aliphatic rings. The lowest BCUT2D eigenvalue weighted by Crippen LogP contribution is -2.62. The second-order valence-electron chi connectivity index (χ2n) is 18.6. The van der Waals surface area contributed by atoms with Gasteiger partial charge in [0, 0.05) is 74.3 Å². The average Bonchev–Trinajstić information content (AvgIpc) is 4.01. The van der Waals surface area contributed by atoms with Crippen molar-refractivity contribution in [3.05, 3.63) is 71.5 Å². The van der Waals surface area contributed by atoms with E-state index in [1.807, 2.05) is 39.0 Å². The van der Waals surface area contributed by atoms with E-state index in [1.54, 1.807) is 25.4 Å². The number of benzene rings is 2.